The number of aliphatic hydroxyl groups is 1. The van der Waals surface area contributed by atoms with Crippen LogP contribution in [0.25, 0.3) is 0 Å². The zero-order valence-corrected chi connectivity index (χ0v) is 11.5. The molecule has 1 aliphatic heterocycles. The van der Waals surface area contributed by atoms with E-state index in [1.807, 2.05) is 0 Å². The molecule has 0 radical (unpaired) electrons. The van der Waals surface area contributed by atoms with E-state index >= 15 is 0 Å². The van der Waals surface area contributed by atoms with Crippen LogP contribution < -0.4 is 5.32 Å². The molecule has 0 aromatic heterocycles. The lowest BCUT2D eigenvalue weighted by Gasteiger charge is -2.22. The van der Waals surface area contributed by atoms with Crippen molar-refractivity contribution in [1.29, 1.82) is 0 Å². The number of rotatable bonds is 4. The summed E-state index contributed by atoms with van der Waals surface area (Å²) in [4.78, 5) is 24.2. The lowest BCUT2D eigenvalue weighted by Crippen LogP contribution is -2.46. The van der Waals surface area contributed by atoms with Gasteiger partial charge in [0, 0.05) is 19.5 Å². The minimum Gasteiger partial charge on any atom is -0.480 e. The van der Waals surface area contributed by atoms with Gasteiger partial charge in [-0.05, 0) is 32.1 Å². The van der Waals surface area contributed by atoms with Gasteiger partial charge in [-0.3, -0.25) is 0 Å². The van der Waals surface area contributed by atoms with Gasteiger partial charge in [0.25, 0.3) is 0 Å². The molecular weight excluding hydrogens is 260 g/mol. The molecule has 20 heavy (non-hydrogen) atoms. The lowest BCUT2D eigenvalue weighted by molar-refractivity contribution is -0.141. The van der Waals surface area contributed by atoms with Crippen molar-refractivity contribution >= 4 is 12.0 Å². The summed E-state index contributed by atoms with van der Waals surface area (Å²) in [7, 11) is 0. The number of β-amino-alcohol motifs (C(OH)–C–C–N with tert-alkyl or cyclic N) is 1. The Labute approximate surface area is 118 Å². The van der Waals surface area contributed by atoms with Gasteiger partial charge in [-0.2, -0.15) is 0 Å². The predicted octanol–water partition coefficient (Wildman–Crippen LogP) is 1.11. The Morgan fingerprint density at radius 2 is 2.20 bits per heavy atom. The summed E-state index contributed by atoms with van der Waals surface area (Å²) in [6.07, 6.45) is 7.06. The van der Waals surface area contributed by atoms with E-state index in [0.717, 1.165) is 19.3 Å². The van der Waals surface area contributed by atoms with E-state index in [9.17, 15) is 14.7 Å². The average molecular weight is 282 g/mol. The number of aliphatic carboxylic acids is 1. The summed E-state index contributed by atoms with van der Waals surface area (Å²) >= 11 is 0. The Bertz CT molecular complexity index is 408. The zero-order valence-electron chi connectivity index (χ0n) is 11.5. The lowest BCUT2D eigenvalue weighted by atomic mass is 9.97. The second-order valence-corrected chi connectivity index (χ2v) is 5.49. The zero-order chi connectivity index (χ0) is 14.5. The number of hydrogen-bond acceptors (Lipinski definition) is 3. The van der Waals surface area contributed by atoms with E-state index in [2.05, 4.69) is 11.4 Å². The first-order valence-corrected chi connectivity index (χ1v) is 7.21. The van der Waals surface area contributed by atoms with Crippen molar-refractivity contribution in [3.63, 3.8) is 0 Å². The third-order valence-corrected chi connectivity index (χ3v) is 3.93. The molecule has 6 heteroatoms. The second-order valence-electron chi connectivity index (χ2n) is 5.49. The SMILES string of the molecule is O=C(O)[C@@H]1CC(O)CN1C(=O)NCCC1=CCCCC1. The Morgan fingerprint density at radius 3 is 2.85 bits per heavy atom. The van der Waals surface area contributed by atoms with Gasteiger partial charge in [0.15, 0.2) is 0 Å². The van der Waals surface area contributed by atoms with Gasteiger partial charge in [0.05, 0.1) is 6.10 Å². The van der Waals surface area contributed by atoms with Gasteiger partial charge in [-0.1, -0.05) is 11.6 Å². The fraction of sp³-hybridized carbons (Fsp3) is 0.714. The van der Waals surface area contributed by atoms with Gasteiger partial charge >= 0.3 is 12.0 Å². The van der Waals surface area contributed by atoms with Crippen molar-refractivity contribution in [3.05, 3.63) is 11.6 Å². The molecule has 0 bridgehead atoms. The van der Waals surface area contributed by atoms with Crippen LogP contribution in [0, 0.1) is 0 Å². The number of amides is 2. The maximum absolute atomic E-state index is 12.0. The second kappa shape index (κ2) is 6.74. The molecule has 0 aromatic carbocycles. The Kier molecular flexibility index (Phi) is 5.00. The van der Waals surface area contributed by atoms with Crippen LogP contribution in [-0.2, 0) is 4.79 Å². The highest BCUT2D eigenvalue weighted by Gasteiger charge is 2.38. The van der Waals surface area contributed by atoms with Crippen LogP contribution in [0.15, 0.2) is 11.6 Å². The molecule has 1 heterocycles. The summed E-state index contributed by atoms with van der Waals surface area (Å²) in [5, 5.41) is 21.3. The number of allylic oxidation sites excluding steroid dienone is 1. The topological polar surface area (TPSA) is 89.9 Å². The predicted molar refractivity (Wildman–Crippen MR) is 73.3 cm³/mol. The summed E-state index contributed by atoms with van der Waals surface area (Å²) in [5.41, 5.74) is 1.37. The van der Waals surface area contributed by atoms with E-state index < -0.39 is 24.1 Å². The van der Waals surface area contributed by atoms with Gasteiger partial charge < -0.3 is 20.4 Å². The van der Waals surface area contributed by atoms with Gasteiger partial charge in [0.2, 0.25) is 0 Å². The van der Waals surface area contributed by atoms with Crippen molar-refractivity contribution in [2.45, 2.75) is 50.7 Å². The van der Waals surface area contributed by atoms with Crippen LogP contribution in [0.1, 0.15) is 38.5 Å². The highest BCUT2D eigenvalue weighted by atomic mass is 16.4. The largest absolute Gasteiger partial charge is 0.480 e. The number of nitrogens with one attached hydrogen (secondary N) is 1. The van der Waals surface area contributed by atoms with Crippen LogP contribution in [0.4, 0.5) is 4.79 Å². The Hall–Kier alpha value is -1.56. The molecule has 1 saturated heterocycles. The highest BCUT2D eigenvalue weighted by molar-refractivity contribution is 5.83. The van der Waals surface area contributed by atoms with Crippen molar-refractivity contribution < 1.29 is 19.8 Å². The fourth-order valence-corrected chi connectivity index (χ4v) is 2.84. The molecule has 1 unspecified atom stereocenters. The molecular formula is C14H22N2O4. The number of carbonyl (C=O) groups is 2. The van der Waals surface area contributed by atoms with Gasteiger partial charge in [-0.25, -0.2) is 9.59 Å². The smallest absolute Gasteiger partial charge is 0.326 e. The molecule has 1 fully saturated rings. The molecule has 0 aromatic rings. The number of nitrogens with zero attached hydrogens (tertiary/aromatic N) is 1. The van der Waals surface area contributed by atoms with Crippen molar-refractivity contribution in [2.75, 3.05) is 13.1 Å². The number of likely N-dealkylation sites (tertiary alicyclic amines) is 1. The number of carboxylic acids is 1. The van der Waals surface area contributed by atoms with Crippen molar-refractivity contribution in [3.8, 4) is 0 Å². The number of aliphatic hydroxyl groups excluding tert-OH is 1. The van der Waals surface area contributed by atoms with E-state index in [4.69, 9.17) is 5.11 Å². The van der Waals surface area contributed by atoms with Crippen molar-refractivity contribution in [1.82, 2.24) is 10.2 Å². The first kappa shape index (κ1) is 14.8. The highest BCUT2D eigenvalue weighted by Crippen LogP contribution is 2.20. The minimum atomic E-state index is -1.06. The quantitative estimate of drug-likeness (QED) is 0.674. The standard InChI is InChI=1S/C14H22N2O4/c17-11-8-12(13(18)19)16(9-11)14(20)15-7-6-10-4-2-1-3-5-10/h4,11-12,17H,1-3,5-9H2,(H,15,20)(H,18,19)/t11?,12-/m0/s1. The normalized spacial score (nSPS) is 26.2. The molecule has 2 rings (SSSR count). The maximum atomic E-state index is 12.0. The van der Waals surface area contributed by atoms with Crippen LogP contribution in [-0.4, -0.2) is 52.3 Å². The van der Waals surface area contributed by atoms with E-state index in [1.54, 1.807) is 0 Å². The van der Waals surface area contributed by atoms with E-state index in [0.29, 0.717) is 6.54 Å². The van der Waals surface area contributed by atoms with Crippen LogP contribution in [0.5, 0.6) is 0 Å². The summed E-state index contributed by atoms with van der Waals surface area (Å²) in [5.74, 6) is -1.06. The molecule has 1 aliphatic carbocycles. The summed E-state index contributed by atoms with van der Waals surface area (Å²) < 4.78 is 0. The molecule has 112 valence electrons. The third kappa shape index (κ3) is 3.72. The number of urea groups is 1. The molecule has 0 spiro atoms. The molecule has 0 saturated carbocycles. The molecule has 3 N–H and O–H groups in total. The van der Waals surface area contributed by atoms with E-state index in [1.165, 1.54) is 23.3 Å². The monoisotopic (exact) mass is 282 g/mol. The summed E-state index contributed by atoms with van der Waals surface area (Å²) in [6, 6.07) is -1.32. The van der Waals surface area contributed by atoms with Crippen LogP contribution >= 0.6 is 0 Å². The average Bonchev–Trinajstić information content (AvgIpc) is 2.82. The van der Waals surface area contributed by atoms with Gasteiger partial charge in [0.1, 0.15) is 6.04 Å². The fourth-order valence-electron chi connectivity index (χ4n) is 2.84. The molecule has 2 aliphatic rings. The Balaban J connectivity index is 1.79. The minimum absolute atomic E-state index is 0.0888. The number of carbonyl (C=O) groups excluding carboxylic acids is 1. The van der Waals surface area contributed by atoms with Crippen molar-refractivity contribution in [2.24, 2.45) is 0 Å². The first-order chi connectivity index (χ1) is 9.58. The molecule has 2 atom stereocenters. The number of carboxylic acid groups (broad SMARTS) is 1. The Morgan fingerprint density at radius 1 is 1.40 bits per heavy atom. The summed E-state index contributed by atoms with van der Waals surface area (Å²) in [6.45, 7) is 0.606. The third-order valence-electron chi connectivity index (χ3n) is 3.93. The maximum Gasteiger partial charge on any atom is 0.326 e. The number of hydrogen-bond donors (Lipinski definition) is 3. The molecule has 2 amide bonds. The van der Waals surface area contributed by atoms with Gasteiger partial charge in [-0.15, -0.1) is 0 Å². The first-order valence-electron chi connectivity index (χ1n) is 7.21. The van der Waals surface area contributed by atoms with E-state index in [-0.39, 0.29) is 13.0 Å². The van der Waals surface area contributed by atoms with Crippen LogP contribution in [0.3, 0.4) is 0 Å². The van der Waals surface area contributed by atoms with Crippen LogP contribution in [0.2, 0.25) is 0 Å². The molecule has 6 nitrogen and oxygen atoms in total.